The van der Waals surface area contributed by atoms with Gasteiger partial charge in [0.05, 0.1) is 11.1 Å². The van der Waals surface area contributed by atoms with Gasteiger partial charge in [-0.25, -0.2) is 4.39 Å². The number of halogens is 3. The predicted molar refractivity (Wildman–Crippen MR) is 54.4 cm³/mol. The molecule has 0 fully saturated rings. The highest BCUT2D eigenvalue weighted by Crippen LogP contribution is 2.27. The van der Waals surface area contributed by atoms with E-state index < -0.39 is 6.17 Å². The molecule has 0 radical (unpaired) electrons. The Bertz CT molecular complexity index is 213. The number of hydrogen-bond acceptors (Lipinski definition) is 1. The lowest BCUT2D eigenvalue weighted by Crippen LogP contribution is -2.07. The molecule has 0 aromatic rings. The maximum Gasteiger partial charge on any atom is 0.139 e. The van der Waals surface area contributed by atoms with Crippen molar-refractivity contribution in [1.82, 2.24) is 0 Å². The molecule has 0 bridgehead atoms. The fourth-order valence-electron chi connectivity index (χ4n) is 0.898. The van der Waals surface area contributed by atoms with Crippen molar-refractivity contribution in [2.75, 3.05) is 11.9 Å². The van der Waals surface area contributed by atoms with Crippen molar-refractivity contribution >= 4 is 31.9 Å². The first-order valence-electron chi connectivity index (χ1n) is 3.64. The van der Waals surface area contributed by atoms with Gasteiger partial charge in [-0.3, -0.25) is 0 Å². The molecule has 0 aromatic heterocycles. The van der Waals surface area contributed by atoms with Gasteiger partial charge in [0.1, 0.15) is 11.9 Å². The number of ether oxygens (including phenoxy) is 1. The van der Waals surface area contributed by atoms with Crippen LogP contribution < -0.4 is 0 Å². The lowest BCUT2D eigenvalue weighted by molar-refractivity contribution is 0.235. The summed E-state index contributed by atoms with van der Waals surface area (Å²) in [5.74, 6) is 0.605. The molecule has 1 atom stereocenters. The van der Waals surface area contributed by atoms with Crippen LogP contribution in [0.5, 0.6) is 0 Å². The minimum absolute atomic E-state index is 0.432. The van der Waals surface area contributed by atoms with Crippen LogP contribution in [0.2, 0.25) is 0 Å². The summed E-state index contributed by atoms with van der Waals surface area (Å²) in [5, 5.41) is 0.752. The lowest BCUT2D eigenvalue weighted by atomic mass is 10.1. The molecule has 0 saturated heterocycles. The van der Waals surface area contributed by atoms with Gasteiger partial charge in [0.25, 0.3) is 0 Å². The van der Waals surface area contributed by atoms with Crippen LogP contribution in [0.25, 0.3) is 0 Å². The Labute approximate surface area is 87.9 Å². The van der Waals surface area contributed by atoms with Gasteiger partial charge < -0.3 is 4.74 Å². The number of hydrogen-bond donors (Lipinski definition) is 0. The molecule has 0 spiro atoms. The summed E-state index contributed by atoms with van der Waals surface area (Å²) in [5.41, 5.74) is 0. The van der Waals surface area contributed by atoms with Crippen molar-refractivity contribution in [1.29, 1.82) is 0 Å². The molecule has 0 aromatic carbocycles. The van der Waals surface area contributed by atoms with Crippen LogP contribution in [0, 0.1) is 0 Å². The molecule has 0 heterocycles. The second-order valence-electron chi connectivity index (χ2n) is 2.36. The van der Waals surface area contributed by atoms with E-state index in [1.54, 1.807) is 12.2 Å². The van der Waals surface area contributed by atoms with Crippen LogP contribution in [0.4, 0.5) is 4.39 Å². The zero-order valence-corrected chi connectivity index (χ0v) is 9.57. The molecular formula is C8H9Br2FO. The summed E-state index contributed by atoms with van der Waals surface area (Å²) in [6.07, 6.45) is 3.06. The monoisotopic (exact) mass is 298 g/mol. The lowest BCUT2D eigenvalue weighted by Gasteiger charge is -2.14. The van der Waals surface area contributed by atoms with E-state index in [0.717, 1.165) is 5.33 Å². The van der Waals surface area contributed by atoms with Crippen LogP contribution in [0.3, 0.4) is 0 Å². The highest BCUT2D eigenvalue weighted by molar-refractivity contribution is 9.11. The fourth-order valence-corrected chi connectivity index (χ4v) is 1.49. The summed E-state index contributed by atoms with van der Waals surface area (Å²) >= 11 is 6.39. The third-order valence-corrected chi connectivity index (χ3v) is 2.67. The molecule has 1 rings (SSSR count). The van der Waals surface area contributed by atoms with Crippen LogP contribution in [-0.4, -0.2) is 18.1 Å². The highest BCUT2D eigenvalue weighted by Gasteiger charge is 2.17. The summed E-state index contributed by atoms with van der Waals surface area (Å²) in [6, 6.07) is 0. The van der Waals surface area contributed by atoms with Crippen LogP contribution in [0.15, 0.2) is 22.4 Å². The van der Waals surface area contributed by atoms with E-state index in [1.165, 1.54) is 0 Å². The smallest absolute Gasteiger partial charge is 0.139 e. The van der Waals surface area contributed by atoms with E-state index in [-0.39, 0.29) is 0 Å². The first-order chi connectivity index (χ1) is 5.75. The Morgan fingerprint density at radius 1 is 1.67 bits per heavy atom. The summed E-state index contributed by atoms with van der Waals surface area (Å²) < 4.78 is 18.8. The molecule has 0 aliphatic heterocycles. The Hall–Kier alpha value is 0.170. The normalized spacial score (nSPS) is 23.1. The van der Waals surface area contributed by atoms with E-state index >= 15 is 0 Å². The summed E-state index contributed by atoms with van der Waals surface area (Å²) in [6.45, 7) is 0.557. The van der Waals surface area contributed by atoms with Crippen molar-refractivity contribution in [3.05, 3.63) is 22.4 Å². The van der Waals surface area contributed by atoms with E-state index in [2.05, 4.69) is 31.9 Å². The number of alkyl halides is 2. The van der Waals surface area contributed by atoms with Gasteiger partial charge in [0.2, 0.25) is 0 Å². The second-order valence-corrected chi connectivity index (χ2v) is 4.00. The number of rotatable bonds is 3. The summed E-state index contributed by atoms with van der Waals surface area (Å²) in [7, 11) is 0. The van der Waals surface area contributed by atoms with Gasteiger partial charge in [0, 0.05) is 11.8 Å². The van der Waals surface area contributed by atoms with Crippen LogP contribution in [-0.2, 0) is 4.74 Å². The zero-order valence-electron chi connectivity index (χ0n) is 6.40. The molecule has 1 unspecified atom stereocenters. The predicted octanol–water partition coefficient (Wildman–Crippen LogP) is 3.30. The minimum atomic E-state index is -0.944. The average Bonchev–Trinajstić information content (AvgIpc) is 2.08. The molecule has 1 aliphatic carbocycles. The van der Waals surface area contributed by atoms with Gasteiger partial charge in [-0.15, -0.1) is 0 Å². The van der Waals surface area contributed by atoms with Crippen molar-refractivity contribution in [2.45, 2.75) is 12.6 Å². The second kappa shape index (κ2) is 5.02. The maximum absolute atomic E-state index is 13.0. The van der Waals surface area contributed by atoms with E-state index in [1.807, 2.05) is 0 Å². The Morgan fingerprint density at radius 3 is 3.08 bits per heavy atom. The molecule has 12 heavy (non-hydrogen) atoms. The van der Waals surface area contributed by atoms with E-state index in [4.69, 9.17) is 4.74 Å². The molecule has 0 amide bonds. The zero-order chi connectivity index (χ0) is 8.97. The topological polar surface area (TPSA) is 9.23 Å². The van der Waals surface area contributed by atoms with Crippen molar-refractivity contribution in [2.24, 2.45) is 0 Å². The van der Waals surface area contributed by atoms with E-state index in [0.29, 0.717) is 23.3 Å². The molecule has 68 valence electrons. The van der Waals surface area contributed by atoms with Gasteiger partial charge >= 0.3 is 0 Å². The van der Waals surface area contributed by atoms with Crippen LogP contribution >= 0.6 is 31.9 Å². The third kappa shape index (κ3) is 2.59. The van der Waals surface area contributed by atoms with Crippen molar-refractivity contribution < 1.29 is 9.13 Å². The van der Waals surface area contributed by atoms with Crippen molar-refractivity contribution in [3.63, 3.8) is 0 Å². The molecule has 1 nitrogen and oxygen atoms in total. The molecule has 0 N–H and O–H groups in total. The largest absolute Gasteiger partial charge is 0.492 e. The van der Waals surface area contributed by atoms with E-state index in [9.17, 15) is 4.39 Å². The fraction of sp³-hybridized carbons (Fsp3) is 0.500. The first-order valence-corrected chi connectivity index (χ1v) is 5.56. The molecule has 1 aliphatic rings. The minimum Gasteiger partial charge on any atom is -0.492 e. The maximum atomic E-state index is 13.0. The molecule has 0 saturated carbocycles. The standard InChI is InChI=1S/C8H9Br2FO/c9-4-5-12-7-3-1-2-6(11)8(7)10/h1,3,6H,2,4-5H2. The Morgan fingerprint density at radius 2 is 2.42 bits per heavy atom. The SMILES string of the molecule is FC1CC=CC(OCCBr)=C1Br. The third-order valence-electron chi connectivity index (χ3n) is 1.46. The molecule has 4 heteroatoms. The highest BCUT2D eigenvalue weighted by atomic mass is 79.9. The number of allylic oxidation sites excluding steroid dienone is 3. The average molecular weight is 300 g/mol. The first kappa shape index (κ1) is 10.3. The Kier molecular flexibility index (Phi) is 4.29. The van der Waals surface area contributed by atoms with Crippen LogP contribution in [0.1, 0.15) is 6.42 Å². The van der Waals surface area contributed by atoms with Gasteiger partial charge in [0.15, 0.2) is 0 Å². The quantitative estimate of drug-likeness (QED) is 0.727. The van der Waals surface area contributed by atoms with Gasteiger partial charge in [-0.05, 0) is 22.0 Å². The molecular weight excluding hydrogens is 291 g/mol. The van der Waals surface area contributed by atoms with Gasteiger partial charge in [-0.2, -0.15) is 0 Å². The van der Waals surface area contributed by atoms with Crippen molar-refractivity contribution in [3.8, 4) is 0 Å². The Balaban J connectivity index is 2.59. The van der Waals surface area contributed by atoms with Gasteiger partial charge in [-0.1, -0.05) is 22.0 Å². The summed E-state index contributed by atoms with van der Waals surface area (Å²) in [4.78, 5) is 0.